The third-order valence-corrected chi connectivity index (χ3v) is 7.73. The van der Waals surface area contributed by atoms with Crippen molar-refractivity contribution in [2.45, 2.75) is 37.1 Å². The highest BCUT2D eigenvalue weighted by Crippen LogP contribution is 2.42. The molecule has 5 rings (SSSR count). The van der Waals surface area contributed by atoms with Gasteiger partial charge in [-0.3, -0.25) is 19.3 Å². The average Bonchev–Trinajstić information content (AvgIpc) is 3.58. The zero-order valence-electron chi connectivity index (χ0n) is 18.4. The lowest BCUT2D eigenvalue weighted by Crippen LogP contribution is -2.42. The van der Waals surface area contributed by atoms with Gasteiger partial charge in [-0.05, 0) is 29.5 Å². The molecule has 0 radical (unpaired) electrons. The quantitative estimate of drug-likeness (QED) is 0.537. The molecule has 2 aliphatic heterocycles. The van der Waals surface area contributed by atoms with Crippen LogP contribution >= 0.6 is 11.3 Å². The highest BCUT2D eigenvalue weighted by molar-refractivity contribution is 7.09. The number of carbonyl (C=O) groups is 3. The van der Waals surface area contributed by atoms with Crippen LogP contribution in [-0.2, 0) is 19.8 Å². The Kier molecular flexibility index (Phi) is 5.58. The fraction of sp³-hybridized carbons (Fsp3) is 0.308. The first-order valence-corrected chi connectivity index (χ1v) is 12.0. The van der Waals surface area contributed by atoms with Crippen molar-refractivity contribution in [2.24, 2.45) is 0 Å². The van der Waals surface area contributed by atoms with E-state index in [1.807, 2.05) is 64.9 Å². The van der Waals surface area contributed by atoms with E-state index in [-0.39, 0.29) is 36.6 Å². The molecule has 0 N–H and O–H groups in total. The van der Waals surface area contributed by atoms with Crippen molar-refractivity contribution in [1.82, 2.24) is 14.8 Å². The maximum absolute atomic E-state index is 13.6. The van der Waals surface area contributed by atoms with E-state index in [0.717, 1.165) is 29.0 Å². The van der Waals surface area contributed by atoms with Gasteiger partial charge in [0.1, 0.15) is 5.01 Å². The molecule has 3 heterocycles. The molecular weight excluding hydrogens is 434 g/mol. The molecule has 168 valence electrons. The van der Waals surface area contributed by atoms with Crippen LogP contribution in [0.3, 0.4) is 0 Å². The number of nitrogens with zero attached hydrogens (tertiary/aromatic N) is 3. The Labute approximate surface area is 196 Å². The van der Waals surface area contributed by atoms with E-state index < -0.39 is 5.41 Å². The summed E-state index contributed by atoms with van der Waals surface area (Å²) in [6.45, 7) is 0.643. The summed E-state index contributed by atoms with van der Waals surface area (Å²) in [7, 11) is 1.50. The van der Waals surface area contributed by atoms with Gasteiger partial charge in [0.25, 0.3) is 0 Å². The van der Waals surface area contributed by atoms with Crippen molar-refractivity contribution in [1.29, 1.82) is 0 Å². The molecule has 7 heteroatoms. The Morgan fingerprint density at radius 3 is 2.45 bits per heavy atom. The number of imide groups is 1. The first-order chi connectivity index (χ1) is 16.0. The van der Waals surface area contributed by atoms with E-state index in [0.29, 0.717) is 12.1 Å². The average molecular weight is 460 g/mol. The molecule has 2 atom stereocenters. The van der Waals surface area contributed by atoms with Crippen LogP contribution in [0.4, 0.5) is 0 Å². The minimum atomic E-state index is -1.17. The van der Waals surface area contributed by atoms with Crippen LogP contribution in [-0.4, -0.2) is 46.1 Å². The second-order valence-corrected chi connectivity index (χ2v) is 9.68. The number of thiazole rings is 1. The van der Waals surface area contributed by atoms with E-state index in [1.54, 1.807) is 17.5 Å². The van der Waals surface area contributed by atoms with Crippen LogP contribution in [0.1, 0.15) is 42.3 Å². The molecule has 0 unspecified atom stereocenters. The van der Waals surface area contributed by atoms with Gasteiger partial charge in [-0.15, -0.1) is 11.3 Å². The molecule has 0 bridgehead atoms. The molecule has 33 heavy (non-hydrogen) atoms. The van der Waals surface area contributed by atoms with Crippen LogP contribution in [0.5, 0.6) is 0 Å². The molecule has 2 saturated heterocycles. The lowest BCUT2D eigenvalue weighted by atomic mass is 9.75. The third kappa shape index (κ3) is 3.76. The van der Waals surface area contributed by atoms with Crippen LogP contribution < -0.4 is 0 Å². The summed E-state index contributed by atoms with van der Waals surface area (Å²) in [4.78, 5) is 46.9. The van der Waals surface area contributed by atoms with E-state index >= 15 is 0 Å². The monoisotopic (exact) mass is 459 g/mol. The summed E-state index contributed by atoms with van der Waals surface area (Å²) in [5, 5.41) is 2.84. The second kappa shape index (κ2) is 8.56. The minimum Gasteiger partial charge on any atom is -0.333 e. The fourth-order valence-corrected chi connectivity index (χ4v) is 5.83. The van der Waals surface area contributed by atoms with Crippen molar-refractivity contribution in [2.75, 3.05) is 13.6 Å². The SMILES string of the molecule is CN1C(=O)C[C@](CC(=O)N2CCC[C@@H]2c2nccs2)(c2ccc(-c3ccccc3)cc2)C1=O. The predicted molar refractivity (Wildman–Crippen MR) is 126 cm³/mol. The molecular formula is C26H25N3O3S. The van der Waals surface area contributed by atoms with Gasteiger partial charge in [-0.2, -0.15) is 0 Å². The lowest BCUT2D eigenvalue weighted by Gasteiger charge is -2.30. The standard InChI is InChI=1S/C26H25N3O3S/c1-28-22(30)16-26(25(28)32,20-11-9-19(10-12-20)18-6-3-2-4-7-18)17-23(31)29-14-5-8-21(29)24-27-13-15-33-24/h2-4,6-7,9-13,15,21H,5,8,14,16-17H2,1H3/t21-,26+/m1/s1. The van der Waals surface area contributed by atoms with Crippen LogP contribution in [0.25, 0.3) is 11.1 Å². The Morgan fingerprint density at radius 2 is 1.82 bits per heavy atom. The largest absolute Gasteiger partial charge is 0.333 e. The van der Waals surface area contributed by atoms with Crippen molar-refractivity contribution >= 4 is 29.1 Å². The maximum Gasteiger partial charge on any atom is 0.240 e. The Hall–Kier alpha value is -3.32. The van der Waals surface area contributed by atoms with Crippen LogP contribution in [0.15, 0.2) is 66.2 Å². The molecule has 2 fully saturated rings. The predicted octanol–water partition coefficient (Wildman–Crippen LogP) is 4.19. The number of hydrogen-bond donors (Lipinski definition) is 0. The number of rotatable bonds is 5. The summed E-state index contributed by atoms with van der Waals surface area (Å²) < 4.78 is 0. The molecule has 2 aromatic carbocycles. The smallest absolute Gasteiger partial charge is 0.240 e. The van der Waals surface area contributed by atoms with E-state index in [4.69, 9.17) is 0 Å². The fourth-order valence-electron chi connectivity index (χ4n) is 5.05. The highest BCUT2D eigenvalue weighted by atomic mass is 32.1. The van der Waals surface area contributed by atoms with Crippen LogP contribution in [0, 0.1) is 0 Å². The number of aromatic nitrogens is 1. The second-order valence-electron chi connectivity index (χ2n) is 8.75. The number of likely N-dealkylation sites (N-methyl/N-ethyl adjacent to an activating group) is 1. The Balaban J connectivity index is 1.47. The summed E-state index contributed by atoms with van der Waals surface area (Å²) in [5.74, 6) is -0.660. The molecule has 2 aliphatic rings. The summed E-state index contributed by atoms with van der Waals surface area (Å²) >= 11 is 1.55. The summed E-state index contributed by atoms with van der Waals surface area (Å²) in [5.41, 5.74) is 1.63. The minimum absolute atomic E-state index is 0.00845. The third-order valence-electron chi connectivity index (χ3n) is 6.85. The zero-order valence-corrected chi connectivity index (χ0v) is 19.3. The Morgan fingerprint density at radius 1 is 1.09 bits per heavy atom. The number of hydrogen-bond acceptors (Lipinski definition) is 5. The number of carbonyl (C=O) groups excluding carboxylic acids is 3. The van der Waals surface area contributed by atoms with Crippen molar-refractivity contribution in [3.8, 4) is 11.1 Å². The molecule has 0 aliphatic carbocycles. The molecule has 3 amide bonds. The van der Waals surface area contributed by atoms with Gasteiger partial charge in [0, 0.05) is 38.0 Å². The molecule has 1 aromatic heterocycles. The van der Waals surface area contributed by atoms with Gasteiger partial charge >= 0.3 is 0 Å². The first-order valence-electron chi connectivity index (χ1n) is 11.2. The van der Waals surface area contributed by atoms with Gasteiger partial charge in [-0.25, -0.2) is 4.98 Å². The maximum atomic E-state index is 13.6. The van der Waals surface area contributed by atoms with Crippen molar-refractivity contribution in [3.63, 3.8) is 0 Å². The van der Waals surface area contributed by atoms with E-state index in [2.05, 4.69) is 4.98 Å². The van der Waals surface area contributed by atoms with Gasteiger partial charge < -0.3 is 4.90 Å². The molecule has 0 saturated carbocycles. The first kappa shape index (κ1) is 21.5. The van der Waals surface area contributed by atoms with Gasteiger partial charge in [0.05, 0.1) is 11.5 Å². The number of amides is 3. The topological polar surface area (TPSA) is 70.6 Å². The van der Waals surface area contributed by atoms with Crippen molar-refractivity contribution in [3.05, 3.63) is 76.7 Å². The summed E-state index contributed by atoms with van der Waals surface area (Å²) in [6, 6.07) is 17.6. The molecule has 6 nitrogen and oxygen atoms in total. The van der Waals surface area contributed by atoms with Crippen LogP contribution in [0.2, 0.25) is 0 Å². The normalized spacial score (nSPS) is 22.9. The zero-order chi connectivity index (χ0) is 23.0. The van der Waals surface area contributed by atoms with Crippen molar-refractivity contribution < 1.29 is 14.4 Å². The Bertz CT molecular complexity index is 1180. The number of benzene rings is 2. The van der Waals surface area contributed by atoms with E-state index in [1.165, 1.54) is 11.9 Å². The van der Waals surface area contributed by atoms with Gasteiger partial charge in [0.15, 0.2) is 0 Å². The lowest BCUT2D eigenvalue weighted by molar-refractivity contribution is -0.141. The summed E-state index contributed by atoms with van der Waals surface area (Å²) in [6.07, 6.45) is 3.51. The highest BCUT2D eigenvalue weighted by Gasteiger charge is 2.53. The number of likely N-dealkylation sites (tertiary alicyclic amines) is 2. The molecule has 3 aromatic rings. The van der Waals surface area contributed by atoms with E-state index in [9.17, 15) is 14.4 Å². The molecule has 0 spiro atoms. The van der Waals surface area contributed by atoms with Gasteiger partial charge in [-0.1, -0.05) is 54.6 Å². The van der Waals surface area contributed by atoms with Gasteiger partial charge in [0.2, 0.25) is 17.7 Å².